The maximum absolute atomic E-state index is 15.7. The molecule has 0 aliphatic carbocycles. The van der Waals surface area contributed by atoms with E-state index in [0.717, 1.165) is 30.8 Å². The van der Waals surface area contributed by atoms with Gasteiger partial charge in [0, 0.05) is 54.6 Å². The van der Waals surface area contributed by atoms with Gasteiger partial charge in [0.2, 0.25) is 11.8 Å². The van der Waals surface area contributed by atoms with Gasteiger partial charge in [-0.15, -0.1) is 0 Å². The predicted molar refractivity (Wildman–Crippen MR) is 156 cm³/mol. The fourth-order valence-corrected chi connectivity index (χ4v) is 5.75. The number of fused-ring (bicyclic) bond motifs is 3. The van der Waals surface area contributed by atoms with E-state index in [9.17, 15) is 0 Å². The second-order valence-electron chi connectivity index (χ2n) is 10.4. The molecule has 0 radical (unpaired) electrons. The van der Waals surface area contributed by atoms with Crippen LogP contribution in [0.2, 0.25) is 5.02 Å². The first kappa shape index (κ1) is 26.3. The third kappa shape index (κ3) is 4.41. The zero-order chi connectivity index (χ0) is 28.1. The number of nitrogens with zero attached hydrogens (tertiary/aromatic N) is 4. The van der Waals surface area contributed by atoms with Gasteiger partial charge in [0.1, 0.15) is 18.0 Å². The summed E-state index contributed by atoms with van der Waals surface area (Å²) < 4.78 is 27.0. The molecule has 0 spiro atoms. The number of hydrogen-bond acceptors (Lipinski definition) is 9. The van der Waals surface area contributed by atoms with Crippen LogP contribution in [-0.4, -0.2) is 52.7 Å². The molecule has 11 heteroatoms. The van der Waals surface area contributed by atoms with E-state index in [4.69, 9.17) is 26.8 Å². The summed E-state index contributed by atoms with van der Waals surface area (Å²) >= 11 is 6.86. The lowest BCUT2D eigenvalue weighted by molar-refractivity contribution is 0.203. The molecule has 6 rings (SSSR count). The van der Waals surface area contributed by atoms with Gasteiger partial charge in [-0.05, 0) is 56.0 Å². The second kappa shape index (κ2) is 10.3. The normalized spacial score (nSPS) is 14.9. The molecule has 40 heavy (non-hydrogen) atoms. The predicted octanol–water partition coefficient (Wildman–Crippen LogP) is 5.70. The minimum absolute atomic E-state index is 0.0811. The molecule has 2 aromatic carbocycles. The number of ether oxygens (including phenoxy) is 2. The lowest BCUT2D eigenvalue weighted by Crippen LogP contribution is -2.35. The molecule has 4 heterocycles. The second-order valence-corrected chi connectivity index (χ2v) is 10.8. The fourth-order valence-electron chi connectivity index (χ4n) is 5.42. The maximum atomic E-state index is 15.7. The average Bonchev–Trinajstić information content (AvgIpc) is 2.96. The van der Waals surface area contributed by atoms with Crippen molar-refractivity contribution in [2.75, 3.05) is 43.2 Å². The monoisotopic (exact) mass is 563 g/mol. The van der Waals surface area contributed by atoms with Gasteiger partial charge in [0.15, 0.2) is 5.82 Å². The van der Waals surface area contributed by atoms with Gasteiger partial charge in [-0.2, -0.15) is 0 Å². The molecular formula is C29H31ClFN7O2. The van der Waals surface area contributed by atoms with E-state index in [-0.39, 0.29) is 22.2 Å². The highest BCUT2D eigenvalue weighted by molar-refractivity contribution is 6.38. The number of nitrogens with one attached hydrogen (secondary N) is 2. The summed E-state index contributed by atoms with van der Waals surface area (Å²) in [5, 5.41) is 7.01. The van der Waals surface area contributed by atoms with Crippen LogP contribution in [0, 0.1) is 12.7 Å². The Morgan fingerprint density at radius 3 is 2.83 bits per heavy atom. The number of nitrogens with two attached hydrogens (primary N) is 1. The first-order valence-corrected chi connectivity index (χ1v) is 13.6. The molecule has 4 aromatic rings. The Balaban J connectivity index is 1.43. The number of nitrogen functional groups attached to an aromatic ring is 1. The number of pyridine rings is 1. The van der Waals surface area contributed by atoms with Crippen molar-refractivity contribution in [1.82, 2.24) is 19.9 Å². The van der Waals surface area contributed by atoms with Crippen molar-refractivity contribution in [2.45, 2.75) is 39.8 Å². The Kier molecular flexibility index (Phi) is 6.75. The third-order valence-corrected chi connectivity index (χ3v) is 8.09. The first-order chi connectivity index (χ1) is 19.3. The summed E-state index contributed by atoms with van der Waals surface area (Å²) in [6.45, 7) is 9.26. The largest absolute Gasteiger partial charge is 0.495 e. The topological polar surface area (TPSA) is 110 Å². The summed E-state index contributed by atoms with van der Waals surface area (Å²) in [6, 6.07) is 4.60. The first-order valence-electron chi connectivity index (χ1n) is 13.3. The van der Waals surface area contributed by atoms with Crippen LogP contribution in [-0.2, 0) is 13.0 Å². The lowest BCUT2D eigenvalue weighted by atomic mass is 9.97. The van der Waals surface area contributed by atoms with Crippen molar-refractivity contribution >= 4 is 45.5 Å². The van der Waals surface area contributed by atoms with Crippen molar-refractivity contribution in [3.05, 3.63) is 52.1 Å². The number of methoxy groups -OCH3 is 1. The summed E-state index contributed by atoms with van der Waals surface area (Å²) in [5.41, 5.74) is 11.8. The summed E-state index contributed by atoms with van der Waals surface area (Å²) in [6.07, 6.45) is 3.99. The van der Waals surface area contributed by atoms with Gasteiger partial charge >= 0.3 is 0 Å². The van der Waals surface area contributed by atoms with E-state index in [0.29, 0.717) is 53.0 Å². The Hall–Kier alpha value is -3.89. The lowest BCUT2D eigenvalue weighted by Gasteiger charge is -2.32. The van der Waals surface area contributed by atoms with Gasteiger partial charge in [-0.25, -0.2) is 19.3 Å². The van der Waals surface area contributed by atoms with Crippen molar-refractivity contribution < 1.29 is 13.9 Å². The zero-order valence-corrected chi connectivity index (χ0v) is 23.6. The van der Waals surface area contributed by atoms with Gasteiger partial charge in [-0.1, -0.05) is 11.6 Å². The summed E-state index contributed by atoms with van der Waals surface area (Å²) in [7, 11) is 1.64. The van der Waals surface area contributed by atoms with E-state index >= 15 is 4.39 Å². The molecule has 2 aromatic heterocycles. The minimum Gasteiger partial charge on any atom is -0.495 e. The molecule has 208 valence electrons. The van der Waals surface area contributed by atoms with Gasteiger partial charge in [-0.3, -0.25) is 4.90 Å². The Bertz CT molecular complexity index is 1650. The van der Waals surface area contributed by atoms with Crippen LogP contribution >= 0.6 is 11.6 Å². The highest BCUT2D eigenvalue weighted by Crippen LogP contribution is 2.44. The Labute approximate surface area is 236 Å². The maximum Gasteiger partial charge on any atom is 0.237 e. The molecule has 0 atom stereocenters. The van der Waals surface area contributed by atoms with E-state index in [1.165, 1.54) is 17.3 Å². The van der Waals surface area contributed by atoms with Gasteiger partial charge in [0.25, 0.3) is 0 Å². The smallest absolute Gasteiger partial charge is 0.237 e. The zero-order valence-electron chi connectivity index (χ0n) is 22.9. The molecular weight excluding hydrogens is 533 g/mol. The van der Waals surface area contributed by atoms with Crippen LogP contribution in [0.4, 0.5) is 27.4 Å². The molecule has 4 N–H and O–H groups in total. The fraction of sp³-hybridized carbons (Fsp3) is 0.345. The summed E-state index contributed by atoms with van der Waals surface area (Å²) in [4.78, 5) is 15.9. The third-order valence-electron chi connectivity index (χ3n) is 7.72. The SMILES string of the molecule is COc1cc2c(cc1Nc1ncc3c(N)c(F)c(-c4cnc5c(c4C)NCCO5)c(Cl)c3n1)CN(C(C)C)CC2. The van der Waals surface area contributed by atoms with Crippen molar-refractivity contribution in [3.8, 4) is 22.8 Å². The van der Waals surface area contributed by atoms with Crippen LogP contribution in [0.1, 0.15) is 30.5 Å². The molecule has 0 saturated carbocycles. The van der Waals surface area contributed by atoms with Crippen LogP contribution in [0.3, 0.4) is 0 Å². The number of rotatable bonds is 5. The van der Waals surface area contributed by atoms with Crippen LogP contribution in [0.25, 0.3) is 22.0 Å². The highest BCUT2D eigenvalue weighted by Gasteiger charge is 2.26. The molecule has 2 aliphatic rings. The average molecular weight is 564 g/mol. The van der Waals surface area contributed by atoms with E-state index in [1.807, 2.05) is 6.92 Å². The minimum atomic E-state index is -0.644. The number of benzene rings is 2. The van der Waals surface area contributed by atoms with E-state index in [1.54, 1.807) is 13.3 Å². The number of halogens is 2. The van der Waals surface area contributed by atoms with E-state index in [2.05, 4.69) is 56.5 Å². The van der Waals surface area contributed by atoms with Crippen molar-refractivity contribution in [1.29, 1.82) is 0 Å². The highest BCUT2D eigenvalue weighted by atomic mass is 35.5. The quantitative estimate of drug-likeness (QED) is 0.263. The van der Waals surface area contributed by atoms with E-state index < -0.39 is 5.82 Å². The van der Waals surface area contributed by atoms with Gasteiger partial charge < -0.3 is 25.8 Å². The molecule has 0 bridgehead atoms. The molecule has 0 amide bonds. The molecule has 0 saturated heterocycles. The van der Waals surface area contributed by atoms with Gasteiger partial charge in [0.05, 0.1) is 29.0 Å². The van der Waals surface area contributed by atoms with Crippen LogP contribution in [0.5, 0.6) is 11.6 Å². The molecule has 2 aliphatic heterocycles. The molecule has 9 nitrogen and oxygen atoms in total. The van der Waals surface area contributed by atoms with Crippen molar-refractivity contribution in [3.63, 3.8) is 0 Å². The van der Waals surface area contributed by atoms with Crippen LogP contribution in [0.15, 0.2) is 24.5 Å². The van der Waals surface area contributed by atoms with Crippen molar-refractivity contribution in [2.24, 2.45) is 0 Å². The Morgan fingerprint density at radius 2 is 2.05 bits per heavy atom. The Morgan fingerprint density at radius 1 is 1.23 bits per heavy atom. The summed E-state index contributed by atoms with van der Waals surface area (Å²) in [5.74, 6) is 0.810. The van der Waals surface area contributed by atoms with Crippen LogP contribution < -0.4 is 25.8 Å². The number of aromatic nitrogens is 3. The standard InChI is InChI=1S/C29H31ClFN7O2/c1-14(2)38-7-5-16-10-21(39-4)20(9-17(16)13-38)36-29-35-12-19-25(32)24(31)22(23(30)27(19)37-29)18-11-34-28-26(15(18)3)33-6-8-40-28/h9-12,14,33H,5-8,13,32H2,1-4H3,(H,35,36,37). The number of hydrogen-bond donors (Lipinski definition) is 3. The molecule has 0 fully saturated rings. The number of anilines is 4. The molecule has 0 unspecified atom stereocenters.